The number of carbonyl (C=O) groups is 2. The van der Waals surface area contributed by atoms with Crippen LogP contribution in [0.1, 0.15) is 62.0 Å². The molecule has 1 aliphatic carbocycles. The molecule has 144 valence electrons. The maximum Gasteiger partial charge on any atom is 0.287 e. The van der Waals surface area contributed by atoms with Gasteiger partial charge in [0.15, 0.2) is 11.5 Å². The van der Waals surface area contributed by atoms with Gasteiger partial charge in [-0.3, -0.25) is 9.59 Å². The predicted molar refractivity (Wildman–Crippen MR) is 105 cm³/mol. The van der Waals surface area contributed by atoms with Crippen LogP contribution in [0, 0.1) is 20.8 Å². The number of fused-ring (bicyclic) bond motifs is 1. The van der Waals surface area contributed by atoms with E-state index in [0.29, 0.717) is 36.3 Å². The van der Waals surface area contributed by atoms with Gasteiger partial charge in [-0.05, 0) is 39.3 Å². The lowest BCUT2D eigenvalue weighted by molar-refractivity contribution is 0.0917. The van der Waals surface area contributed by atoms with E-state index in [1.807, 2.05) is 48.9 Å². The van der Waals surface area contributed by atoms with Gasteiger partial charge in [-0.25, -0.2) is 4.68 Å². The first-order chi connectivity index (χ1) is 13.5. The molecular formula is C22H23N3O3. The lowest BCUT2D eigenvalue weighted by Crippen LogP contribution is -2.23. The minimum absolute atomic E-state index is 0.0670. The van der Waals surface area contributed by atoms with Gasteiger partial charge in [-0.2, -0.15) is 5.10 Å². The summed E-state index contributed by atoms with van der Waals surface area (Å²) in [6.45, 7) is 6.06. The van der Waals surface area contributed by atoms with Crippen molar-refractivity contribution >= 4 is 11.7 Å². The fraction of sp³-hybridized carbons (Fsp3) is 0.318. The minimum Gasteiger partial charge on any atom is -0.455 e. The topological polar surface area (TPSA) is 77.1 Å². The van der Waals surface area contributed by atoms with Gasteiger partial charge in [-0.15, -0.1) is 0 Å². The number of aromatic nitrogens is 2. The summed E-state index contributed by atoms with van der Waals surface area (Å²) in [5.41, 5.74) is 5.05. The predicted octanol–water partition coefficient (Wildman–Crippen LogP) is 3.84. The summed E-state index contributed by atoms with van der Waals surface area (Å²) in [4.78, 5) is 24.9. The number of hydrogen-bond acceptors (Lipinski definition) is 4. The average molecular weight is 377 g/mol. The Balaban J connectivity index is 1.55. The van der Waals surface area contributed by atoms with Crippen molar-refractivity contribution in [3.05, 3.63) is 69.9 Å². The Kier molecular flexibility index (Phi) is 4.63. The zero-order chi connectivity index (χ0) is 19.8. The Morgan fingerprint density at radius 1 is 1.18 bits per heavy atom. The third kappa shape index (κ3) is 3.05. The van der Waals surface area contributed by atoms with E-state index in [9.17, 15) is 9.59 Å². The second-order valence-corrected chi connectivity index (χ2v) is 7.21. The van der Waals surface area contributed by atoms with Gasteiger partial charge in [0.05, 0.1) is 16.9 Å². The van der Waals surface area contributed by atoms with Crippen LogP contribution in [0.25, 0.3) is 5.69 Å². The molecule has 0 unspecified atom stereocenters. The van der Waals surface area contributed by atoms with Crippen molar-refractivity contribution in [2.24, 2.45) is 0 Å². The molecule has 4 rings (SSSR count). The van der Waals surface area contributed by atoms with Crippen LogP contribution in [-0.2, 0) is 13.0 Å². The summed E-state index contributed by atoms with van der Waals surface area (Å²) < 4.78 is 7.62. The fourth-order valence-corrected chi connectivity index (χ4v) is 3.87. The van der Waals surface area contributed by atoms with Crippen molar-refractivity contribution in [2.75, 3.05) is 0 Å². The Labute approximate surface area is 163 Å². The van der Waals surface area contributed by atoms with Crippen LogP contribution in [0.3, 0.4) is 0 Å². The molecule has 0 saturated carbocycles. The smallest absolute Gasteiger partial charge is 0.287 e. The van der Waals surface area contributed by atoms with Gasteiger partial charge in [0, 0.05) is 36.2 Å². The largest absolute Gasteiger partial charge is 0.455 e. The first kappa shape index (κ1) is 18.2. The van der Waals surface area contributed by atoms with Crippen LogP contribution in [0.15, 0.2) is 34.7 Å². The molecule has 1 aromatic carbocycles. The summed E-state index contributed by atoms with van der Waals surface area (Å²) in [6, 6.07) is 9.89. The number of benzene rings is 1. The lowest BCUT2D eigenvalue weighted by Gasteiger charge is -2.07. The number of nitrogens with one attached hydrogen (secondary N) is 1. The van der Waals surface area contributed by atoms with E-state index in [-0.39, 0.29) is 17.5 Å². The highest BCUT2D eigenvalue weighted by atomic mass is 16.4. The van der Waals surface area contributed by atoms with Crippen LogP contribution < -0.4 is 5.32 Å². The molecule has 2 aromatic heterocycles. The van der Waals surface area contributed by atoms with Crippen LogP contribution in [0.2, 0.25) is 0 Å². The average Bonchev–Trinajstić information content (AvgIpc) is 3.18. The van der Waals surface area contributed by atoms with Crippen molar-refractivity contribution in [3.8, 4) is 5.69 Å². The van der Waals surface area contributed by atoms with E-state index in [1.165, 1.54) is 0 Å². The maximum absolute atomic E-state index is 12.7. The molecule has 0 saturated heterocycles. The second-order valence-electron chi connectivity index (χ2n) is 7.21. The molecule has 0 bridgehead atoms. The van der Waals surface area contributed by atoms with Crippen molar-refractivity contribution < 1.29 is 14.0 Å². The van der Waals surface area contributed by atoms with E-state index >= 15 is 0 Å². The summed E-state index contributed by atoms with van der Waals surface area (Å²) in [7, 11) is 0. The maximum atomic E-state index is 12.7. The van der Waals surface area contributed by atoms with E-state index < -0.39 is 0 Å². The number of carbonyl (C=O) groups excluding carboxylic acids is 2. The van der Waals surface area contributed by atoms with Crippen molar-refractivity contribution in [1.29, 1.82) is 0 Å². The third-order valence-corrected chi connectivity index (χ3v) is 5.38. The monoisotopic (exact) mass is 377 g/mol. The third-order valence-electron chi connectivity index (χ3n) is 5.38. The first-order valence-corrected chi connectivity index (χ1v) is 9.51. The minimum atomic E-state index is -0.300. The number of para-hydroxylation sites is 1. The number of furan rings is 1. The van der Waals surface area contributed by atoms with Gasteiger partial charge in [0.2, 0.25) is 0 Å². The lowest BCUT2D eigenvalue weighted by atomic mass is 9.94. The summed E-state index contributed by atoms with van der Waals surface area (Å²) in [6.07, 6.45) is 2.00. The molecule has 1 amide bonds. The highest BCUT2D eigenvalue weighted by Crippen LogP contribution is 2.29. The molecule has 1 N–H and O–H groups in total. The molecule has 6 heteroatoms. The Bertz CT molecular complexity index is 1060. The van der Waals surface area contributed by atoms with Crippen molar-refractivity contribution in [1.82, 2.24) is 15.1 Å². The van der Waals surface area contributed by atoms with Crippen LogP contribution in [-0.4, -0.2) is 21.5 Å². The number of ketones is 1. The SMILES string of the molecule is Cc1nn(-c2ccccc2)c(C)c1CNC(=O)c1oc2c(c1C)C(=O)CCC2. The van der Waals surface area contributed by atoms with E-state index in [1.54, 1.807) is 6.92 Å². The quantitative estimate of drug-likeness (QED) is 0.749. The molecule has 28 heavy (non-hydrogen) atoms. The van der Waals surface area contributed by atoms with E-state index in [2.05, 4.69) is 10.4 Å². The molecule has 0 atom stereocenters. The Hall–Kier alpha value is -3.15. The molecule has 2 heterocycles. The molecule has 0 radical (unpaired) electrons. The van der Waals surface area contributed by atoms with Gasteiger partial charge in [0.25, 0.3) is 5.91 Å². The van der Waals surface area contributed by atoms with Gasteiger partial charge in [-0.1, -0.05) is 18.2 Å². The molecule has 0 spiro atoms. The zero-order valence-corrected chi connectivity index (χ0v) is 16.3. The first-order valence-electron chi connectivity index (χ1n) is 9.51. The number of rotatable bonds is 4. The standard InChI is InChI=1S/C22H23N3O3/c1-13-20-18(26)10-7-11-19(20)28-21(13)22(27)23-12-17-14(2)24-25(15(17)3)16-8-5-4-6-9-16/h4-6,8-9H,7,10-12H2,1-3H3,(H,23,27). The number of hydrogen-bond donors (Lipinski definition) is 1. The van der Waals surface area contributed by atoms with Crippen molar-refractivity contribution in [2.45, 2.75) is 46.6 Å². The number of nitrogens with zero attached hydrogens (tertiary/aromatic N) is 2. The molecular weight excluding hydrogens is 354 g/mol. The zero-order valence-electron chi connectivity index (χ0n) is 16.3. The summed E-state index contributed by atoms with van der Waals surface area (Å²) >= 11 is 0. The number of aryl methyl sites for hydroxylation is 2. The van der Waals surface area contributed by atoms with Crippen LogP contribution >= 0.6 is 0 Å². The van der Waals surface area contributed by atoms with E-state index in [0.717, 1.165) is 29.1 Å². The van der Waals surface area contributed by atoms with Gasteiger partial charge in [0.1, 0.15) is 5.76 Å². The van der Waals surface area contributed by atoms with Crippen LogP contribution in [0.4, 0.5) is 0 Å². The molecule has 0 aliphatic heterocycles. The van der Waals surface area contributed by atoms with Crippen molar-refractivity contribution in [3.63, 3.8) is 0 Å². The second kappa shape index (κ2) is 7.11. The Morgan fingerprint density at radius 2 is 1.93 bits per heavy atom. The highest BCUT2D eigenvalue weighted by Gasteiger charge is 2.28. The summed E-state index contributed by atoms with van der Waals surface area (Å²) in [5.74, 6) is 0.650. The molecule has 6 nitrogen and oxygen atoms in total. The van der Waals surface area contributed by atoms with Gasteiger partial charge >= 0.3 is 0 Å². The fourth-order valence-electron chi connectivity index (χ4n) is 3.87. The van der Waals surface area contributed by atoms with Crippen LogP contribution in [0.5, 0.6) is 0 Å². The number of Topliss-reactive ketones (excluding diaryl/α,β-unsaturated/α-hetero) is 1. The van der Waals surface area contributed by atoms with E-state index in [4.69, 9.17) is 4.42 Å². The Morgan fingerprint density at radius 3 is 2.64 bits per heavy atom. The van der Waals surface area contributed by atoms with Gasteiger partial charge < -0.3 is 9.73 Å². The summed E-state index contributed by atoms with van der Waals surface area (Å²) in [5, 5.41) is 7.54. The normalized spacial score (nSPS) is 13.5. The number of amides is 1. The highest BCUT2D eigenvalue weighted by molar-refractivity contribution is 6.03. The molecule has 0 fully saturated rings. The molecule has 3 aromatic rings. The molecule has 1 aliphatic rings.